The number of piperidine rings is 3. The van der Waals surface area contributed by atoms with E-state index in [0.29, 0.717) is 22.7 Å². The first-order chi connectivity index (χ1) is 13.1. The van der Waals surface area contributed by atoms with Crippen LogP contribution in [-0.2, 0) is 0 Å². The highest BCUT2D eigenvalue weighted by Crippen LogP contribution is 2.41. The zero-order chi connectivity index (χ0) is 18.8. The Morgan fingerprint density at radius 1 is 1.19 bits per heavy atom. The summed E-state index contributed by atoms with van der Waals surface area (Å²) in [5, 5.41) is 0.716. The highest BCUT2D eigenvalue weighted by molar-refractivity contribution is 6.99. The molecule has 1 unspecified atom stereocenters. The molecule has 3 aliphatic heterocycles. The van der Waals surface area contributed by atoms with Crippen molar-refractivity contribution >= 4 is 23.3 Å². The predicted molar refractivity (Wildman–Crippen MR) is 109 cm³/mol. The van der Waals surface area contributed by atoms with Gasteiger partial charge >= 0.3 is 0 Å². The van der Waals surface area contributed by atoms with Gasteiger partial charge in [-0.2, -0.15) is 4.37 Å². The Morgan fingerprint density at radius 2 is 1.93 bits per heavy atom. The van der Waals surface area contributed by atoms with E-state index >= 15 is 0 Å². The Labute approximate surface area is 170 Å². The Bertz CT molecular complexity index is 831. The maximum Gasteiger partial charge on any atom is 0.250 e. The average Bonchev–Trinajstić information content (AvgIpc) is 3.15. The molecule has 142 valence electrons. The first-order valence-electron chi connectivity index (χ1n) is 9.58. The van der Waals surface area contributed by atoms with Crippen LogP contribution in [0.25, 0.3) is 0 Å². The van der Waals surface area contributed by atoms with Gasteiger partial charge in [-0.25, -0.2) is 0 Å². The topological polar surface area (TPSA) is 38.3 Å². The molecule has 1 aromatic heterocycles. The van der Waals surface area contributed by atoms with Gasteiger partial charge in [-0.1, -0.05) is 37.3 Å². The summed E-state index contributed by atoms with van der Waals surface area (Å²) in [4.78, 5) is 2.54. The van der Waals surface area contributed by atoms with E-state index in [1.165, 1.54) is 37.7 Å². The van der Waals surface area contributed by atoms with E-state index in [2.05, 4.69) is 39.3 Å². The number of ether oxygens (including phenoxy) is 1. The number of rotatable bonds is 4. The molecule has 3 fully saturated rings. The van der Waals surface area contributed by atoms with Gasteiger partial charge in [0, 0.05) is 29.0 Å². The fourth-order valence-corrected chi connectivity index (χ4v) is 4.59. The van der Waals surface area contributed by atoms with Crippen LogP contribution in [0.5, 0.6) is 5.88 Å². The zero-order valence-electron chi connectivity index (χ0n) is 15.7. The second-order valence-corrected chi connectivity index (χ2v) is 8.72. The van der Waals surface area contributed by atoms with Gasteiger partial charge in [-0.15, -0.1) is 4.37 Å². The highest BCUT2D eigenvalue weighted by atomic mass is 35.5. The fourth-order valence-electron chi connectivity index (χ4n) is 3.91. The van der Waals surface area contributed by atoms with Crippen LogP contribution < -0.4 is 4.74 Å². The maximum absolute atomic E-state index is 6.27. The minimum atomic E-state index is -0.218. The quantitative estimate of drug-likeness (QED) is 0.709. The third kappa shape index (κ3) is 4.29. The minimum absolute atomic E-state index is 0.218. The highest BCUT2D eigenvalue weighted by Gasteiger charge is 2.38. The summed E-state index contributed by atoms with van der Waals surface area (Å²) in [5.74, 6) is 8.56. The molecule has 0 aliphatic carbocycles. The van der Waals surface area contributed by atoms with Crippen molar-refractivity contribution < 1.29 is 4.74 Å². The van der Waals surface area contributed by atoms with E-state index in [0.717, 1.165) is 17.8 Å². The van der Waals surface area contributed by atoms with Gasteiger partial charge in [0.2, 0.25) is 0 Å². The molecule has 4 nitrogen and oxygen atoms in total. The van der Waals surface area contributed by atoms with Crippen LogP contribution in [0.3, 0.4) is 0 Å². The number of benzene rings is 1. The van der Waals surface area contributed by atoms with Gasteiger partial charge in [0.25, 0.3) is 5.88 Å². The lowest BCUT2D eigenvalue weighted by Gasteiger charge is -2.44. The lowest BCUT2D eigenvalue weighted by Crippen LogP contribution is -2.46. The van der Waals surface area contributed by atoms with Crippen molar-refractivity contribution in [2.45, 2.75) is 38.7 Å². The zero-order valence-corrected chi connectivity index (χ0v) is 17.3. The fraction of sp³-hybridized carbons (Fsp3) is 0.524. The van der Waals surface area contributed by atoms with E-state index in [1.807, 2.05) is 24.3 Å². The van der Waals surface area contributed by atoms with Crippen LogP contribution in [0, 0.1) is 23.7 Å². The van der Waals surface area contributed by atoms with Crippen molar-refractivity contribution in [1.82, 2.24) is 13.6 Å². The van der Waals surface area contributed by atoms with Gasteiger partial charge in [-0.3, -0.25) is 0 Å². The Kier molecular flexibility index (Phi) is 5.68. The molecule has 5 rings (SSSR count). The summed E-state index contributed by atoms with van der Waals surface area (Å²) < 4.78 is 15.4. The van der Waals surface area contributed by atoms with Crippen LogP contribution >= 0.6 is 23.3 Å². The third-order valence-electron chi connectivity index (χ3n) is 5.54. The van der Waals surface area contributed by atoms with E-state index < -0.39 is 0 Å². The Hall–Kier alpha value is -1.61. The molecular weight excluding hydrogens is 378 g/mol. The minimum Gasteiger partial charge on any atom is -0.459 e. The number of fused-ring (bicyclic) bond motifs is 3. The first-order valence-corrected chi connectivity index (χ1v) is 10.7. The molecule has 1 aromatic carbocycles. The van der Waals surface area contributed by atoms with Crippen molar-refractivity contribution in [1.29, 1.82) is 0 Å². The maximum atomic E-state index is 6.27. The van der Waals surface area contributed by atoms with Crippen LogP contribution in [0.15, 0.2) is 24.3 Å². The SMILES string of the molecule is CC(C)C(C#Cc1ccc(Cl)cc1)Oc1nsnc1[C@@H]1CN2CCC1CC2. The van der Waals surface area contributed by atoms with Crippen LogP contribution in [0.1, 0.15) is 43.9 Å². The number of hydrogen-bond donors (Lipinski definition) is 0. The molecule has 0 amide bonds. The summed E-state index contributed by atoms with van der Waals surface area (Å²) in [5.41, 5.74) is 1.97. The molecular formula is C21H24ClN3OS. The monoisotopic (exact) mass is 401 g/mol. The molecule has 0 radical (unpaired) electrons. The second kappa shape index (κ2) is 8.18. The smallest absolute Gasteiger partial charge is 0.250 e. The number of hydrogen-bond acceptors (Lipinski definition) is 5. The van der Waals surface area contributed by atoms with E-state index in [9.17, 15) is 0 Å². The molecule has 2 atom stereocenters. The van der Waals surface area contributed by atoms with Crippen molar-refractivity contribution in [3.8, 4) is 17.7 Å². The first kappa shape index (κ1) is 18.7. The van der Waals surface area contributed by atoms with Crippen molar-refractivity contribution in [2.24, 2.45) is 11.8 Å². The molecule has 4 heterocycles. The molecule has 0 saturated carbocycles. The summed E-state index contributed by atoms with van der Waals surface area (Å²) >= 11 is 7.20. The van der Waals surface area contributed by atoms with Crippen LogP contribution in [0.4, 0.5) is 0 Å². The van der Waals surface area contributed by atoms with Gasteiger partial charge < -0.3 is 9.64 Å². The molecule has 0 spiro atoms. The van der Waals surface area contributed by atoms with Gasteiger partial charge in [-0.05, 0) is 56.1 Å². The van der Waals surface area contributed by atoms with E-state index in [1.54, 1.807) is 0 Å². The predicted octanol–water partition coefficient (Wildman–Crippen LogP) is 4.46. The van der Waals surface area contributed by atoms with Gasteiger partial charge in [0.05, 0.1) is 11.7 Å². The van der Waals surface area contributed by atoms with Gasteiger partial charge in [0.1, 0.15) is 5.69 Å². The summed E-state index contributed by atoms with van der Waals surface area (Å²) in [7, 11) is 0. The lowest BCUT2D eigenvalue weighted by molar-refractivity contribution is 0.0829. The average molecular weight is 402 g/mol. The molecule has 3 saturated heterocycles. The largest absolute Gasteiger partial charge is 0.459 e. The molecule has 6 heteroatoms. The normalized spacial score (nSPS) is 25.1. The molecule has 2 aromatic rings. The van der Waals surface area contributed by atoms with Gasteiger partial charge in [0.15, 0.2) is 6.10 Å². The van der Waals surface area contributed by atoms with Crippen molar-refractivity contribution in [3.63, 3.8) is 0 Å². The van der Waals surface area contributed by atoms with E-state index in [-0.39, 0.29) is 12.0 Å². The lowest BCUT2D eigenvalue weighted by atomic mass is 9.77. The second-order valence-electron chi connectivity index (χ2n) is 7.76. The number of aromatic nitrogens is 2. The molecule has 2 bridgehead atoms. The third-order valence-corrected chi connectivity index (χ3v) is 6.31. The summed E-state index contributed by atoms with van der Waals surface area (Å²) in [6.07, 6.45) is 2.29. The molecule has 27 heavy (non-hydrogen) atoms. The summed E-state index contributed by atoms with van der Waals surface area (Å²) in [6.45, 7) is 7.76. The van der Waals surface area contributed by atoms with Crippen LogP contribution in [-0.4, -0.2) is 39.4 Å². The molecule has 3 aliphatic rings. The van der Waals surface area contributed by atoms with Crippen molar-refractivity contribution in [3.05, 3.63) is 40.5 Å². The summed E-state index contributed by atoms with van der Waals surface area (Å²) in [6, 6.07) is 7.56. The number of halogens is 1. The van der Waals surface area contributed by atoms with Crippen LogP contribution in [0.2, 0.25) is 5.02 Å². The molecule has 0 N–H and O–H groups in total. The number of nitrogens with zero attached hydrogens (tertiary/aromatic N) is 3. The Balaban J connectivity index is 1.52. The Morgan fingerprint density at radius 3 is 2.56 bits per heavy atom. The van der Waals surface area contributed by atoms with Crippen molar-refractivity contribution in [2.75, 3.05) is 19.6 Å². The standard InChI is InChI=1S/C21H24ClN3OS/c1-14(2)19(8-5-15-3-6-17(22)7-4-15)26-21-20(23-27-24-21)18-13-25-11-9-16(18)10-12-25/h3-4,6-7,14,16,18-19H,9-13H2,1-2H3/t18-,19?/m1/s1. The van der Waals surface area contributed by atoms with E-state index in [4.69, 9.17) is 16.3 Å².